The number of rotatable bonds is 5. The van der Waals surface area contributed by atoms with Crippen molar-refractivity contribution >= 4 is 27.3 Å². The van der Waals surface area contributed by atoms with Crippen molar-refractivity contribution in [2.75, 3.05) is 6.54 Å². The molecule has 20 heavy (non-hydrogen) atoms. The van der Waals surface area contributed by atoms with Crippen molar-refractivity contribution in [3.8, 4) is 6.07 Å². The fourth-order valence-corrected chi connectivity index (χ4v) is 5.24. The van der Waals surface area contributed by atoms with Gasteiger partial charge in [0.2, 0.25) is 0 Å². The van der Waals surface area contributed by atoms with Crippen LogP contribution in [0.5, 0.6) is 0 Å². The largest absolute Gasteiger partial charge is 0.480 e. The molecule has 6 nitrogen and oxygen atoms in total. The van der Waals surface area contributed by atoms with E-state index in [1.165, 1.54) is 12.1 Å². The van der Waals surface area contributed by atoms with E-state index >= 15 is 0 Å². The maximum absolute atomic E-state index is 12.5. The molecule has 0 spiro atoms. The van der Waals surface area contributed by atoms with Crippen LogP contribution in [0.2, 0.25) is 0 Å². The first-order valence-corrected chi connectivity index (χ1v) is 8.44. The van der Waals surface area contributed by atoms with Crippen LogP contribution < -0.4 is 0 Å². The van der Waals surface area contributed by atoms with Gasteiger partial charge in [0.25, 0.3) is 10.0 Å². The molecule has 1 heterocycles. The van der Waals surface area contributed by atoms with Gasteiger partial charge in [-0.3, -0.25) is 4.79 Å². The van der Waals surface area contributed by atoms with Gasteiger partial charge in [0.1, 0.15) is 21.7 Å². The molecule has 1 saturated carbocycles. The molecule has 0 unspecified atom stereocenters. The van der Waals surface area contributed by atoms with Crippen LogP contribution in [0.1, 0.15) is 30.6 Å². The second-order valence-electron chi connectivity index (χ2n) is 4.61. The summed E-state index contributed by atoms with van der Waals surface area (Å²) < 4.78 is 26.2. The fraction of sp³-hybridized carbons (Fsp3) is 0.500. The summed E-state index contributed by atoms with van der Waals surface area (Å²) in [6, 6.07) is 4.43. The zero-order valence-electron chi connectivity index (χ0n) is 10.7. The van der Waals surface area contributed by atoms with Crippen LogP contribution in [0, 0.1) is 11.3 Å². The van der Waals surface area contributed by atoms with Crippen molar-refractivity contribution in [2.45, 2.75) is 35.9 Å². The Labute approximate surface area is 121 Å². The summed E-state index contributed by atoms with van der Waals surface area (Å²) >= 11 is 0.870. The Kier molecular flexibility index (Phi) is 4.42. The minimum atomic E-state index is -3.85. The molecule has 1 aromatic heterocycles. The molecule has 108 valence electrons. The number of carboxylic acids is 1. The van der Waals surface area contributed by atoms with Crippen molar-refractivity contribution in [1.29, 1.82) is 5.26 Å². The Morgan fingerprint density at radius 2 is 2.10 bits per heavy atom. The lowest BCUT2D eigenvalue weighted by Gasteiger charge is -2.25. The van der Waals surface area contributed by atoms with Gasteiger partial charge < -0.3 is 5.11 Å². The Bertz CT molecular complexity index is 639. The molecule has 0 amide bonds. The molecule has 2 rings (SSSR count). The number of nitrogens with zero attached hydrogens (tertiary/aromatic N) is 2. The van der Waals surface area contributed by atoms with Crippen LogP contribution in [0.4, 0.5) is 0 Å². The number of aliphatic carboxylic acids is 1. The zero-order valence-corrected chi connectivity index (χ0v) is 12.3. The third-order valence-electron chi connectivity index (χ3n) is 3.28. The maximum Gasteiger partial charge on any atom is 0.318 e. The molecule has 0 atom stereocenters. The van der Waals surface area contributed by atoms with E-state index < -0.39 is 22.5 Å². The number of sulfonamides is 1. The number of thiophene rings is 1. The molecule has 0 aromatic carbocycles. The smallest absolute Gasteiger partial charge is 0.318 e. The maximum atomic E-state index is 12.5. The molecule has 0 aliphatic heterocycles. The van der Waals surface area contributed by atoms with Crippen molar-refractivity contribution in [2.24, 2.45) is 0 Å². The number of hydrogen-bond acceptors (Lipinski definition) is 5. The Hall–Kier alpha value is -1.43. The van der Waals surface area contributed by atoms with E-state index in [0.29, 0.717) is 17.7 Å². The Morgan fingerprint density at radius 1 is 1.45 bits per heavy atom. The summed E-state index contributed by atoms with van der Waals surface area (Å²) in [7, 11) is -3.85. The van der Waals surface area contributed by atoms with Gasteiger partial charge in [0.15, 0.2) is 0 Å². The molecule has 0 radical (unpaired) electrons. The van der Waals surface area contributed by atoms with Gasteiger partial charge in [0.05, 0.1) is 0 Å². The highest BCUT2D eigenvalue weighted by atomic mass is 32.2. The predicted molar refractivity (Wildman–Crippen MR) is 72.8 cm³/mol. The highest BCUT2D eigenvalue weighted by Gasteiger charge is 2.35. The first kappa shape index (κ1) is 15.0. The molecule has 0 saturated heterocycles. The topological polar surface area (TPSA) is 98.5 Å². The quantitative estimate of drug-likeness (QED) is 0.890. The van der Waals surface area contributed by atoms with E-state index in [4.69, 9.17) is 10.4 Å². The lowest BCUT2D eigenvalue weighted by Crippen LogP contribution is -2.41. The third-order valence-corrected chi connectivity index (χ3v) is 6.63. The van der Waals surface area contributed by atoms with Gasteiger partial charge in [0, 0.05) is 6.04 Å². The number of carboxylic acid groups (broad SMARTS) is 1. The highest BCUT2D eigenvalue weighted by Crippen LogP contribution is 2.31. The van der Waals surface area contributed by atoms with E-state index in [2.05, 4.69) is 0 Å². The van der Waals surface area contributed by atoms with Gasteiger partial charge in [-0.15, -0.1) is 11.3 Å². The summed E-state index contributed by atoms with van der Waals surface area (Å²) in [5.41, 5.74) is 0. The highest BCUT2D eigenvalue weighted by molar-refractivity contribution is 7.91. The Morgan fingerprint density at radius 3 is 2.60 bits per heavy atom. The SMILES string of the molecule is N#Cc1ccc(S(=O)(=O)N(CC(=O)O)C2CCCC2)s1. The first-order chi connectivity index (χ1) is 9.45. The van der Waals surface area contributed by atoms with Crippen molar-refractivity contribution in [3.05, 3.63) is 17.0 Å². The normalized spacial score (nSPS) is 16.4. The number of carbonyl (C=O) groups is 1. The summed E-state index contributed by atoms with van der Waals surface area (Å²) in [6.07, 6.45) is 3.18. The van der Waals surface area contributed by atoms with Crippen LogP contribution in [0.15, 0.2) is 16.3 Å². The molecule has 1 N–H and O–H groups in total. The van der Waals surface area contributed by atoms with E-state index in [0.717, 1.165) is 28.5 Å². The second kappa shape index (κ2) is 5.91. The molecule has 0 bridgehead atoms. The molecule has 1 fully saturated rings. The molecule has 1 aromatic rings. The van der Waals surface area contributed by atoms with Crippen LogP contribution in [0.25, 0.3) is 0 Å². The average Bonchev–Trinajstić information content (AvgIpc) is 3.06. The van der Waals surface area contributed by atoms with Gasteiger partial charge in [-0.05, 0) is 25.0 Å². The molecular formula is C12H14N2O4S2. The zero-order chi connectivity index (χ0) is 14.8. The summed E-state index contributed by atoms with van der Waals surface area (Å²) in [5.74, 6) is -1.17. The van der Waals surface area contributed by atoms with Crippen LogP contribution in [-0.2, 0) is 14.8 Å². The molecule has 1 aliphatic carbocycles. The van der Waals surface area contributed by atoms with Crippen molar-refractivity contribution in [1.82, 2.24) is 4.31 Å². The van der Waals surface area contributed by atoms with Crippen molar-refractivity contribution < 1.29 is 18.3 Å². The van der Waals surface area contributed by atoms with Crippen LogP contribution in [0.3, 0.4) is 0 Å². The predicted octanol–water partition coefficient (Wildman–Crippen LogP) is 1.64. The van der Waals surface area contributed by atoms with Gasteiger partial charge in [-0.1, -0.05) is 12.8 Å². The number of hydrogen-bond donors (Lipinski definition) is 1. The lowest BCUT2D eigenvalue weighted by molar-refractivity contribution is -0.137. The average molecular weight is 314 g/mol. The second-order valence-corrected chi connectivity index (χ2v) is 7.81. The summed E-state index contributed by atoms with van der Waals surface area (Å²) in [6.45, 7) is -0.535. The van der Waals surface area contributed by atoms with E-state index in [1.807, 2.05) is 6.07 Å². The van der Waals surface area contributed by atoms with Gasteiger partial charge in [-0.2, -0.15) is 9.57 Å². The van der Waals surface area contributed by atoms with Crippen molar-refractivity contribution in [3.63, 3.8) is 0 Å². The van der Waals surface area contributed by atoms with Gasteiger partial charge in [-0.25, -0.2) is 8.42 Å². The first-order valence-electron chi connectivity index (χ1n) is 6.18. The van der Waals surface area contributed by atoms with E-state index in [1.54, 1.807) is 0 Å². The lowest BCUT2D eigenvalue weighted by atomic mass is 10.2. The Balaban J connectivity index is 2.35. The summed E-state index contributed by atoms with van der Waals surface area (Å²) in [5, 5.41) is 17.7. The molecule has 8 heteroatoms. The number of nitriles is 1. The summed E-state index contributed by atoms with van der Waals surface area (Å²) in [4.78, 5) is 11.2. The monoisotopic (exact) mass is 314 g/mol. The van der Waals surface area contributed by atoms with Gasteiger partial charge >= 0.3 is 5.97 Å². The van der Waals surface area contributed by atoms with E-state index in [9.17, 15) is 13.2 Å². The standard InChI is InChI=1S/C12H14N2O4S2/c13-7-10-5-6-12(19-10)20(17,18)14(8-11(15)16)9-3-1-2-4-9/h5-6,9H,1-4,8H2,(H,15,16). The van der Waals surface area contributed by atoms with E-state index in [-0.39, 0.29) is 10.3 Å². The van der Waals surface area contributed by atoms with Crippen LogP contribution >= 0.6 is 11.3 Å². The molecule has 1 aliphatic rings. The molecular weight excluding hydrogens is 300 g/mol. The minimum absolute atomic E-state index is 0.0298. The third kappa shape index (κ3) is 3.00. The fourth-order valence-electron chi connectivity index (χ4n) is 2.37. The van der Waals surface area contributed by atoms with Crippen LogP contribution in [-0.4, -0.2) is 36.4 Å². The minimum Gasteiger partial charge on any atom is -0.480 e.